The number of hydrogen-bond acceptors (Lipinski definition) is 2. The van der Waals surface area contributed by atoms with Crippen LogP contribution in [0.3, 0.4) is 0 Å². The largest absolute Gasteiger partial charge is 0.384 e. The monoisotopic (exact) mass is 182 g/mol. The number of hydrogen-bond donors (Lipinski definition) is 1. The molecule has 1 N–H and O–H groups in total. The predicted molar refractivity (Wildman–Crippen MR) is 59.7 cm³/mol. The van der Waals surface area contributed by atoms with Crippen molar-refractivity contribution in [3.63, 3.8) is 0 Å². The van der Waals surface area contributed by atoms with Crippen LogP contribution in [0.15, 0.2) is 24.9 Å². The number of nitrogens with zero attached hydrogens (tertiary/aromatic N) is 1. The van der Waals surface area contributed by atoms with Gasteiger partial charge in [0.15, 0.2) is 0 Å². The molecule has 0 saturated carbocycles. The maximum Gasteiger partial charge on any atom is 0.0506 e. The molecule has 0 aliphatic heterocycles. The van der Waals surface area contributed by atoms with Crippen LogP contribution >= 0.6 is 0 Å². The lowest BCUT2D eigenvalue weighted by molar-refractivity contribution is 0.258. The third kappa shape index (κ3) is 4.13. The fraction of sp³-hybridized carbons (Fsp3) is 0.636. The Labute approximate surface area is 82.3 Å². The predicted octanol–water partition coefficient (Wildman–Crippen LogP) is 1.86. The third-order valence-corrected chi connectivity index (χ3v) is 2.02. The Balaban J connectivity index is 4.20. The molecule has 0 fully saturated rings. The number of nitrogens with one attached hydrogen (secondary N) is 1. The Kier molecular flexibility index (Phi) is 5.47. The smallest absolute Gasteiger partial charge is 0.0506 e. The minimum atomic E-state index is 0.389. The molecule has 76 valence electrons. The van der Waals surface area contributed by atoms with Crippen LogP contribution in [0.4, 0.5) is 0 Å². The highest BCUT2D eigenvalue weighted by atomic mass is 15.1. The molecule has 0 aromatic carbocycles. The van der Waals surface area contributed by atoms with Crippen LogP contribution in [0.25, 0.3) is 0 Å². The molecule has 0 aromatic rings. The van der Waals surface area contributed by atoms with Crippen molar-refractivity contribution in [2.24, 2.45) is 5.92 Å². The Bertz CT molecular complexity index is 163. The van der Waals surface area contributed by atoms with E-state index in [1.54, 1.807) is 0 Å². The van der Waals surface area contributed by atoms with E-state index in [0.29, 0.717) is 12.0 Å². The standard InChI is InChI=1S/C11H22N2/c1-7-8-12-10(4)11(9(2)3)13(5)6/h7,9,11-12H,1,4,8H2,2-3,5-6H3. The van der Waals surface area contributed by atoms with Crippen LogP contribution in [-0.2, 0) is 0 Å². The SMILES string of the molecule is C=CCNC(=C)C(C(C)C)N(C)C. The van der Waals surface area contributed by atoms with Gasteiger partial charge in [-0.2, -0.15) is 0 Å². The minimum Gasteiger partial charge on any atom is -0.384 e. The van der Waals surface area contributed by atoms with Gasteiger partial charge in [0.1, 0.15) is 0 Å². The van der Waals surface area contributed by atoms with Crippen LogP contribution < -0.4 is 5.32 Å². The lowest BCUT2D eigenvalue weighted by Crippen LogP contribution is -2.39. The van der Waals surface area contributed by atoms with Crippen LogP contribution in [0.5, 0.6) is 0 Å². The van der Waals surface area contributed by atoms with Crippen LogP contribution in [-0.4, -0.2) is 31.6 Å². The highest BCUT2D eigenvalue weighted by Gasteiger charge is 2.18. The van der Waals surface area contributed by atoms with Crippen molar-refractivity contribution in [2.45, 2.75) is 19.9 Å². The topological polar surface area (TPSA) is 15.3 Å². The number of likely N-dealkylation sites (N-methyl/N-ethyl adjacent to an activating group) is 1. The summed E-state index contributed by atoms with van der Waals surface area (Å²) in [4.78, 5) is 2.18. The first-order valence-electron chi connectivity index (χ1n) is 4.70. The second-order valence-electron chi connectivity index (χ2n) is 3.85. The fourth-order valence-electron chi connectivity index (χ4n) is 1.62. The van der Waals surface area contributed by atoms with Gasteiger partial charge in [0.05, 0.1) is 6.04 Å². The van der Waals surface area contributed by atoms with Gasteiger partial charge in [-0.15, -0.1) is 6.58 Å². The van der Waals surface area contributed by atoms with Gasteiger partial charge < -0.3 is 10.2 Å². The van der Waals surface area contributed by atoms with E-state index in [1.807, 2.05) is 6.08 Å². The fourth-order valence-corrected chi connectivity index (χ4v) is 1.62. The van der Waals surface area contributed by atoms with Gasteiger partial charge in [-0.05, 0) is 20.0 Å². The summed E-state index contributed by atoms with van der Waals surface area (Å²) in [5.74, 6) is 0.569. The Morgan fingerprint density at radius 3 is 2.31 bits per heavy atom. The van der Waals surface area contributed by atoms with Gasteiger partial charge in [0.2, 0.25) is 0 Å². The molecule has 1 unspecified atom stereocenters. The average molecular weight is 182 g/mol. The van der Waals surface area contributed by atoms with Crippen molar-refractivity contribution in [3.05, 3.63) is 24.9 Å². The first kappa shape index (κ1) is 12.2. The molecule has 2 nitrogen and oxygen atoms in total. The summed E-state index contributed by atoms with van der Waals surface area (Å²) in [6.45, 7) is 12.9. The van der Waals surface area contributed by atoms with E-state index in [9.17, 15) is 0 Å². The molecule has 1 atom stereocenters. The van der Waals surface area contributed by atoms with Gasteiger partial charge >= 0.3 is 0 Å². The zero-order valence-electron chi connectivity index (χ0n) is 9.30. The first-order chi connectivity index (χ1) is 6.00. The van der Waals surface area contributed by atoms with Crippen molar-refractivity contribution in [3.8, 4) is 0 Å². The number of rotatable bonds is 6. The highest BCUT2D eigenvalue weighted by Crippen LogP contribution is 2.13. The van der Waals surface area contributed by atoms with E-state index < -0.39 is 0 Å². The second kappa shape index (κ2) is 5.81. The van der Waals surface area contributed by atoms with Crippen LogP contribution in [0, 0.1) is 5.92 Å². The molecule has 0 aromatic heterocycles. The Hall–Kier alpha value is -0.760. The van der Waals surface area contributed by atoms with Gasteiger partial charge in [0.25, 0.3) is 0 Å². The molecule has 0 radical (unpaired) electrons. The molecule has 0 aliphatic rings. The maximum absolute atomic E-state index is 4.03. The highest BCUT2D eigenvalue weighted by molar-refractivity contribution is 5.05. The molecule has 0 aliphatic carbocycles. The molecule has 0 saturated heterocycles. The molecule has 2 heteroatoms. The molecular weight excluding hydrogens is 160 g/mol. The van der Waals surface area contributed by atoms with Crippen molar-refractivity contribution in [2.75, 3.05) is 20.6 Å². The van der Waals surface area contributed by atoms with E-state index >= 15 is 0 Å². The van der Waals surface area contributed by atoms with E-state index in [1.165, 1.54) is 0 Å². The normalized spacial score (nSPS) is 13.1. The van der Waals surface area contributed by atoms with Crippen molar-refractivity contribution >= 4 is 0 Å². The summed E-state index contributed by atoms with van der Waals surface area (Å²) in [6.07, 6.45) is 1.85. The molecule has 0 amide bonds. The van der Waals surface area contributed by atoms with Crippen molar-refractivity contribution in [1.82, 2.24) is 10.2 Å². The summed E-state index contributed by atoms with van der Waals surface area (Å²) in [7, 11) is 4.15. The van der Waals surface area contributed by atoms with Gasteiger partial charge in [-0.1, -0.05) is 26.5 Å². The van der Waals surface area contributed by atoms with Gasteiger partial charge in [0, 0.05) is 12.2 Å². The van der Waals surface area contributed by atoms with Crippen LogP contribution in [0.2, 0.25) is 0 Å². The molecule has 0 heterocycles. The Morgan fingerprint density at radius 1 is 1.46 bits per heavy atom. The summed E-state index contributed by atoms with van der Waals surface area (Å²) >= 11 is 0. The summed E-state index contributed by atoms with van der Waals surface area (Å²) in [5.41, 5.74) is 1.07. The van der Waals surface area contributed by atoms with E-state index in [0.717, 1.165) is 12.2 Å². The van der Waals surface area contributed by atoms with E-state index in [4.69, 9.17) is 0 Å². The molecule has 0 spiro atoms. The second-order valence-corrected chi connectivity index (χ2v) is 3.85. The van der Waals surface area contributed by atoms with Gasteiger partial charge in [-0.3, -0.25) is 0 Å². The average Bonchev–Trinajstić information content (AvgIpc) is 1.99. The maximum atomic E-state index is 4.03. The molecule has 0 rings (SSSR count). The molecule has 13 heavy (non-hydrogen) atoms. The van der Waals surface area contributed by atoms with Crippen LogP contribution in [0.1, 0.15) is 13.8 Å². The quantitative estimate of drug-likeness (QED) is 0.631. The zero-order chi connectivity index (χ0) is 10.4. The Morgan fingerprint density at radius 2 is 2.00 bits per heavy atom. The lowest BCUT2D eigenvalue weighted by Gasteiger charge is -2.30. The molecule has 0 bridgehead atoms. The summed E-state index contributed by atoms with van der Waals surface area (Å²) in [6, 6.07) is 0.389. The third-order valence-electron chi connectivity index (χ3n) is 2.02. The molecular formula is C11H22N2. The first-order valence-corrected chi connectivity index (χ1v) is 4.70. The summed E-state index contributed by atoms with van der Waals surface area (Å²) < 4.78 is 0. The summed E-state index contributed by atoms with van der Waals surface area (Å²) in [5, 5.41) is 3.24. The van der Waals surface area contributed by atoms with Crippen molar-refractivity contribution < 1.29 is 0 Å². The van der Waals surface area contributed by atoms with E-state index in [2.05, 4.69) is 51.3 Å². The lowest BCUT2D eigenvalue weighted by atomic mass is 10.0. The van der Waals surface area contributed by atoms with E-state index in [-0.39, 0.29) is 0 Å². The minimum absolute atomic E-state index is 0.389. The zero-order valence-corrected chi connectivity index (χ0v) is 9.30. The van der Waals surface area contributed by atoms with Gasteiger partial charge in [-0.25, -0.2) is 0 Å². The van der Waals surface area contributed by atoms with Crippen molar-refractivity contribution in [1.29, 1.82) is 0 Å².